The summed E-state index contributed by atoms with van der Waals surface area (Å²) in [5.74, 6) is -0.257. The van der Waals surface area contributed by atoms with Gasteiger partial charge in [-0.2, -0.15) is 0 Å². The van der Waals surface area contributed by atoms with Crippen LogP contribution in [0.5, 0.6) is 5.75 Å². The largest absolute Gasteiger partial charge is 0.484 e. The van der Waals surface area contributed by atoms with Crippen molar-refractivity contribution < 1.29 is 22.7 Å². The van der Waals surface area contributed by atoms with Crippen molar-refractivity contribution in [3.63, 3.8) is 0 Å². The molecule has 0 aromatic heterocycles. The fraction of sp³-hybridized carbons (Fsp3) is 0.364. The molecule has 2 heterocycles. The number of amides is 2. The number of benzene rings is 2. The van der Waals surface area contributed by atoms with E-state index in [1.807, 2.05) is 24.3 Å². The van der Waals surface area contributed by atoms with Gasteiger partial charge in [0.05, 0.1) is 10.6 Å². The van der Waals surface area contributed by atoms with Crippen molar-refractivity contribution in [3.05, 3.63) is 54.1 Å². The number of sulfonamides is 1. The molecule has 9 heteroatoms. The van der Waals surface area contributed by atoms with Crippen LogP contribution in [0.3, 0.4) is 0 Å². The number of piperidine rings is 1. The van der Waals surface area contributed by atoms with Gasteiger partial charge in [0, 0.05) is 25.6 Å². The van der Waals surface area contributed by atoms with E-state index in [0.29, 0.717) is 50.3 Å². The molecule has 0 unspecified atom stereocenters. The fourth-order valence-electron chi connectivity index (χ4n) is 4.04. The van der Waals surface area contributed by atoms with Gasteiger partial charge in [-0.05, 0) is 55.2 Å². The lowest BCUT2D eigenvalue weighted by molar-refractivity contribution is -0.136. The molecule has 1 saturated heterocycles. The number of hydrogen-bond donors (Lipinski definition) is 1. The van der Waals surface area contributed by atoms with E-state index in [9.17, 15) is 18.0 Å². The van der Waals surface area contributed by atoms with Gasteiger partial charge in [0.25, 0.3) is 15.9 Å². The number of hydrogen-bond acceptors (Lipinski definition) is 5. The molecule has 2 aromatic rings. The molecule has 2 N–H and O–H groups in total. The molecule has 0 aliphatic carbocycles. The van der Waals surface area contributed by atoms with Crippen LogP contribution in [-0.2, 0) is 26.0 Å². The summed E-state index contributed by atoms with van der Waals surface area (Å²) in [6.45, 7) is 1.22. The van der Waals surface area contributed by atoms with E-state index < -0.39 is 10.0 Å². The second-order valence-corrected chi connectivity index (χ2v) is 9.64. The molecular formula is C22H25N3O5S. The van der Waals surface area contributed by atoms with E-state index in [1.165, 1.54) is 16.4 Å². The first-order valence-corrected chi connectivity index (χ1v) is 11.7. The molecule has 2 aliphatic rings. The van der Waals surface area contributed by atoms with E-state index >= 15 is 0 Å². The number of carbonyl (C=O) groups is 2. The maximum Gasteiger partial charge on any atom is 0.264 e. The van der Waals surface area contributed by atoms with Crippen LogP contribution in [0.2, 0.25) is 0 Å². The molecule has 0 bridgehead atoms. The van der Waals surface area contributed by atoms with Crippen LogP contribution in [-0.4, -0.2) is 51.4 Å². The van der Waals surface area contributed by atoms with Crippen molar-refractivity contribution in [2.24, 2.45) is 11.7 Å². The van der Waals surface area contributed by atoms with E-state index in [2.05, 4.69) is 0 Å². The third-order valence-corrected chi connectivity index (χ3v) is 7.70. The maximum absolute atomic E-state index is 13.0. The Labute approximate surface area is 181 Å². The number of ether oxygens (including phenoxy) is 1. The fourth-order valence-corrected chi connectivity index (χ4v) is 5.55. The monoisotopic (exact) mass is 443 g/mol. The second-order valence-electron chi connectivity index (χ2n) is 7.77. The highest BCUT2D eigenvalue weighted by Crippen LogP contribution is 2.33. The van der Waals surface area contributed by atoms with Crippen molar-refractivity contribution in [1.82, 2.24) is 4.90 Å². The van der Waals surface area contributed by atoms with Crippen LogP contribution in [0.25, 0.3) is 0 Å². The minimum atomic E-state index is -3.66. The van der Waals surface area contributed by atoms with Crippen LogP contribution < -0.4 is 14.8 Å². The normalized spacial score (nSPS) is 16.8. The number of nitrogens with two attached hydrogens (primary N) is 1. The van der Waals surface area contributed by atoms with Gasteiger partial charge < -0.3 is 15.4 Å². The first kappa shape index (κ1) is 21.2. The van der Waals surface area contributed by atoms with Crippen molar-refractivity contribution >= 4 is 27.5 Å². The molecule has 2 aromatic carbocycles. The predicted molar refractivity (Wildman–Crippen MR) is 115 cm³/mol. The Bertz CT molecular complexity index is 1080. The van der Waals surface area contributed by atoms with E-state index in [0.717, 1.165) is 5.56 Å². The number of para-hydroxylation sites is 1. The molecule has 4 rings (SSSR count). The molecule has 1 fully saturated rings. The molecule has 2 aliphatic heterocycles. The van der Waals surface area contributed by atoms with Crippen molar-refractivity contribution in [2.45, 2.75) is 24.2 Å². The Morgan fingerprint density at radius 3 is 2.35 bits per heavy atom. The van der Waals surface area contributed by atoms with Crippen molar-refractivity contribution in [3.8, 4) is 5.75 Å². The van der Waals surface area contributed by atoms with E-state index in [4.69, 9.17) is 10.5 Å². The van der Waals surface area contributed by atoms with Gasteiger partial charge in [0.15, 0.2) is 6.61 Å². The average molecular weight is 444 g/mol. The summed E-state index contributed by atoms with van der Waals surface area (Å²) in [5.41, 5.74) is 7.05. The topological polar surface area (TPSA) is 110 Å². The highest BCUT2D eigenvalue weighted by molar-refractivity contribution is 7.92. The van der Waals surface area contributed by atoms with E-state index in [-0.39, 0.29) is 29.2 Å². The number of likely N-dealkylation sites (tertiary alicyclic amines) is 1. The number of nitrogens with zero attached hydrogens (tertiary/aromatic N) is 2. The third-order valence-electron chi connectivity index (χ3n) is 5.87. The maximum atomic E-state index is 13.0. The van der Waals surface area contributed by atoms with Crippen LogP contribution >= 0.6 is 0 Å². The highest BCUT2D eigenvalue weighted by Gasteiger charge is 2.30. The Morgan fingerprint density at radius 2 is 1.68 bits per heavy atom. The number of anilines is 1. The second kappa shape index (κ2) is 8.58. The van der Waals surface area contributed by atoms with Crippen LogP contribution in [0.15, 0.2) is 53.4 Å². The lowest BCUT2D eigenvalue weighted by Gasteiger charge is -2.30. The van der Waals surface area contributed by atoms with Gasteiger partial charge in [-0.15, -0.1) is 0 Å². The molecule has 31 heavy (non-hydrogen) atoms. The van der Waals surface area contributed by atoms with Crippen molar-refractivity contribution in [2.75, 3.05) is 30.5 Å². The summed E-state index contributed by atoms with van der Waals surface area (Å²) in [6, 6.07) is 13.6. The van der Waals surface area contributed by atoms with Crippen LogP contribution in [0.1, 0.15) is 18.4 Å². The zero-order valence-electron chi connectivity index (χ0n) is 17.1. The van der Waals surface area contributed by atoms with Gasteiger partial charge in [-0.3, -0.25) is 13.9 Å². The standard InChI is InChI=1S/C22H25N3O5S/c23-22(27)17-9-12-24(13-10-17)21(26)15-30-18-5-7-19(8-6-18)31(28,29)25-14-11-16-3-1-2-4-20(16)25/h1-8,17H,9-15H2,(H2,23,27). The van der Waals surface area contributed by atoms with Crippen molar-refractivity contribution in [1.29, 1.82) is 0 Å². The smallest absolute Gasteiger partial charge is 0.264 e. The summed E-state index contributed by atoms with van der Waals surface area (Å²) >= 11 is 0. The summed E-state index contributed by atoms with van der Waals surface area (Å²) in [6.07, 6.45) is 1.82. The first-order chi connectivity index (χ1) is 14.9. The van der Waals surface area contributed by atoms with Crippen LogP contribution in [0, 0.1) is 5.92 Å². The number of primary amides is 1. The summed E-state index contributed by atoms with van der Waals surface area (Å²) in [5, 5.41) is 0. The quantitative estimate of drug-likeness (QED) is 0.728. The van der Waals surface area contributed by atoms with Gasteiger partial charge >= 0.3 is 0 Å². The summed E-state index contributed by atoms with van der Waals surface area (Å²) in [4.78, 5) is 25.4. The SMILES string of the molecule is NC(=O)C1CCN(C(=O)COc2ccc(S(=O)(=O)N3CCc4ccccc43)cc2)CC1. The van der Waals surface area contributed by atoms with Gasteiger partial charge in [0.2, 0.25) is 5.91 Å². The predicted octanol–water partition coefficient (Wildman–Crippen LogP) is 1.54. The molecular weight excluding hydrogens is 418 g/mol. The minimum Gasteiger partial charge on any atom is -0.484 e. The molecule has 0 saturated carbocycles. The lowest BCUT2D eigenvalue weighted by Crippen LogP contribution is -2.43. The number of rotatable bonds is 6. The summed E-state index contributed by atoms with van der Waals surface area (Å²) in [7, 11) is -3.66. The van der Waals surface area contributed by atoms with Crippen LogP contribution in [0.4, 0.5) is 5.69 Å². The first-order valence-electron chi connectivity index (χ1n) is 10.3. The minimum absolute atomic E-state index is 0.146. The molecule has 8 nitrogen and oxygen atoms in total. The van der Waals surface area contributed by atoms with E-state index in [1.54, 1.807) is 17.0 Å². The number of carbonyl (C=O) groups excluding carboxylic acids is 2. The van der Waals surface area contributed by atoms with Gasteiger partial charge in [0.1, 0.15) is 5.75 Å². The summed E-state index contributed by atoms with van der Waals surface area (Å²) < 4.78 is 33.1. The molecule has 0 atom stereocenters. The Balaban J connectivity index is 1.36. The Kier molecular flexibility index (Phi) is 5.86. The molecule has 0 spiro atoms. The zero-order valence-corrected chi connectivity index (χ0v) is 17.9. The molecule has 0 radical (unpaired) electrons. The third kappa shape index (κ3) is 4.36. The van der Waals surface area contributed by atoms with Gasteiger partial charge in [-0.1, -0.05) is 18.2 Å². The average Bonchev–Trinajstić information content (AvgIpc) is 3.23. The molecule has 164 valence electrons. The number of fused-ring (bicyclic) bond motifs is 1. The molecule has 2 amide bonds. The lowest BCUT2D eigenvalue weighted by atomic mass is 9.96. The zero-order chi connectivity index (χ0) is 22.0. The Hall–Kier alpha value is -3.07. The Morgan fingerprint density at radius 1 is 1.00 bits per heavy atom. The highest BCUT2D eigenvalue weighted by atomic mass is 32.2. The van der Waals surface area contributed by atoms with Gasteiger partial charge in [-0.25, -0.2) is 8.42 Å².